The Morgan fingerprint density at radius 2 is 2.16 bits per heavy atom. The Bertz CT molecular complexity index is 305. The first-order valence-corrected chi connectivity index (χ1v) is 8.65. The summed E-state index contributed by atoms with van der Waals surface area (Å²) in [4.78, 5) is 20.4. The van der Waals surface area contributed by atoms with Crippen molar-refractivity contribution >= 4 is 42.5 Å². The van der Waals surface area contributed by atoms with Crippen LogP contribution in [0.15, 0.2) is 0 Å². The molecule has 2 N–H and O–H groups in total. The molecule has 112 valence electrons. The number of aliphatic hydroxyl groups excluding tert-OH is 1. The molecule has 1 saturated heterocycles. The van der Waals surface area contributed by atoms with Crippen molar-refractivity contribution in [2.24, 2.45) is 0 Å². The Labute approximate surface area is 127 Å². The van der Waals surface area contributed by atoms with Crippen molar-refractivity contribution < 1.29 is 33.5 Å². The summed E-state index contributed by atoms with van der Waals surface area (Å²) in [5, 5.41) is 17.0. The maximum atomic E-state index is 10.6. The molecule has 0 spiro atoms. The third kappa shape index (κ3) is 10.2. The highest BCUT2D eigenvalue weighted by Gasteiger charge is 2.32. The first-order valence-electron chi connectivity index (χ1n) is 5.36. The van der Waals surface area contributed by atoms with Crippen LogP contribution in [0.3, 0.4) is 0 Å². The van der Waals surface area contributed by atoms with Gasteiger partial charge < -0.3 is 23.9 Å². The summed E-state index contributed by atoms with van der Waals surface area (Å²) in [6.07, 6.45) is -2.11. The number of hydrogen-bond acceptors (Lipinski definition) is 7. The quantitative estimate of drug-likeness (QED) is 0.416. The molecule has 19 heavy (non-hydrogen) atoms. The molecule has 0 bridgehead atoms. The molecule has 9 heteroatoms. The van der Waals surface area contributed by atoms with Crippen LogP contribution in [-0.2, 0) is 18.5 Å². The summed E-state index contributed by atoms with van der Waals surface area (Å²) >= 11 is 1.98. The summed E-state index contributed by atoms with van der Waals surface area (Å²) in [5.74, 6) is -0.544. The molecular formula is C10H17IO7S. The van der Waals surface area contributed by atoms with Gasteiger partial charge >= 0.3 is 12.1 Å². The lowest BCUT2D eigenvalue weighted by Crippen LogP contribution is -2.22. The van der Waals surface area contributed by atoms with Crippen LogP contribution in [0, 0.1) is 0 Å². The van der Waals surface area contributed by atoms with Gasteiger partial charge in [0, 0.05) is 27.6 Å². The van der Waals surface area contributed by atoms with Gasteiger partial charge in [0.15, 0.2) is 6.10 Å². The van der Waals surface area contributed by atoms with E-state index in [1.54, 1.807) is 20.8 Å². The molecule has 0 amide bonds. The van der Waals surface area contributed by atoms with E-state index in [1.165, 1.54) is 9.21 Å². The van der Waals surface area contributed by atoms with Crippen molar-refractivity contribution in [3.8, 4) is 0 Å². The summed E-state index contributed by atoms with van der Waals surface area (Å²) < 4.78 is 14.0. The van der Waals surface area contributed by atoms with Crippen LogP contribution in [0.25, 0.3) is 0 Å². The van der Waals surface area contributed by atoms with Gasteiger partial charge in [-0.05, 0) is 20.8 Å². The van der Waals surface area contributed by atoms with Crippen LogP contribution in [-0.4, -0.2) is 46.8 Å². The molecule has 2 unspecified atom stereocenters. The van der Waals surface area contributed by atoms with Crippen molar-refractivity contribution in [3.63, 3.8) is 0 Å². The number of ether oxygens (including phenoxy) is 2. The fraction of sp³-hybridized carbons (Fsp3) is 0.800. The van der Waals surface area contributed by atoms with Crippen LogP contribution in [0.5, 0.6) is 0 Å². The standard InChI is InChI=1S/C5H7IO4S.C5H10O3/c6-11-9-2-3-1-4(7)5(8)10-3;1-5(2,3)8-4(6)7/h3-4,7H,1-2H2;1-3H3,(H,6,7). The number of cyclic esters (lactones) is 1. The number of carbonyl (C=O) groups excluding carboxylic acids is 1. The van der Waals surface area contributed by atoms with Crippen molar-refractivity contribution in [2.75, 3.05) is 6.61 Å². The molecule has 0 aliphatic carbocycles. The number of rotatable bonds is 3. The van der Waals surface area contributed by atoms with Crippen LogP contribution < -0.4 is 0 Å². The third-order valence-corrected chi connectivity index (χ3v) is 2.72. The van der Waals surface area contributed by atoms with E-state index in [4.69, 9.17) is 19.1 Å². The van der Waals surface area contributed by atoms with Gasteiger partial charge in [-0.2, -0.15) is 0 Å². The summed E-state index contributed by atoms with van der Waals surface area (Å²) in [5.41, 5.74) is -0.578. The van der Waals surface area contributed by atoms with E-state index in [0.29, 0.717) is 13.0 Å². The Balaban J connectivity index is 0.000000362. The average Bonchev–Trinajstić information content (AvgIpc) is 2.53. The van der Waals surface area contributed by atoms with Crippen molar-refractivity contribution in [1.82, 2.24) is 0 Å². The van der Waals surface area contributed by atoms with Gasteiger partial charge in [-0.1, -0.05) is 0 Å². The topological polar surface area (TPSA) is 102 Å². The van der Waals surface area contributed by atoms with Crippen LogP contribution in [0.4, 0.5) is 4.79 Å². The molecule has 0 aromatic heterocycles. The molecule has 1 aliphatic heterocycles. The number of aliphatic hydroxyl groups is 1. The molecule has 0 saturated carbocycles. The van der Waals surface area contributed by atoms with E-state index >= 15 is 0 Å². The Morgan fingerprint density at radius 3 is 2.42 bits per heavy atom. The molecule has 7 nitrogen and oxygen atoms in total. The second kappa shape index (κ2) is 8.82. The SMILES string of the molecule is CC(C)(C)OC(=O)O.O=C1OC(COSI)CC1O. The Hall–Kier alpha value is -0.260. The van der Waals surface area contributed by atoms with Crippen LogP contribution in [0.1, 0.15) is 27.2 Å². The van der Waals surface area contributed by atoms with E-state index in [0.717, 1.165) is 0 Å². The van der Waals surface area contributed by atoms with E-state index < -0.39 is 23.8 Å². The lowest BCUT2D eigenvalue weighted by Gasteiger charge is -2.15. The second-order valence-corrected chi connectivity index (χ2v) is 6.08. The fourth-order valence-corrected chi connectivity index (χ4v) is 1.75. The minimum absolute atomic E-state index is 0.278. The molecule has 1 aliphatic rings. The highest BCUT2D eigenvalue weighted by molar-refractivity contribution is 14.2. The van der Waals surface area contributed by atoms with E-state index in [2.05, 4.69) is 4.74 Å². The van der Waals surface area contributed by atoms with Gasteiger partial charge in [0.25, 0.3) is 0 Å². The minimum atomic E-state index is -1.22. The van der Waals surface area contributed by atoms with E-state index in [1.807, 2.05) is 21.2 Å². The lowest BCUT2D eigenvalue weighted by molar-refractivity contribution is -0.147. The first kappa shape index (κ1) is 18.7. The summed E-state index contributed by atoms with van der Waals surface area (Å²) in [6.45, 7) is 5.39. The minimum Gasteiger partial charge on any atom is -0.458 e. The molecule has 1 heterocycles. The normalized spacial score (nSPS) is 22.3. The average molecular weight is 408 g/mol. The van der Waals surface area contributed by atoms with Crippen molar-refractivity contribution in [2.45, 2.75) is 45.0 Å². The predicted molar refractivity (Wildman–Crippen MR) is 76.9 cm³/mol. The van der Waals surface area contributed by atoms with Crippen LogP contribution in [0.2, 0.25) is 0 Å². The van der Waals surface area contributed by atoms with Gasteiger partial charge in [0.2, 0.25) is 0 Å². The van der Waals surface area contributed by atoms with E-state index in [9.17, 15) is 9.59 Å². The van der Waals surface area contributed by atoms with Crippen molar-refractivity contribution in [1.29, 1.82) is 0 Å². The number of carboxylic acid groups (broad SMARTS) is 1. The zero-order valence-electron chi connectivity index (χ0n) is 10.8. The van der Waals surface area contributed by atoms with Gasteiger partial charge in [0.1, 0.15) is 11.7 Å². The zero-order chi connectivity index (χ0) is 15.1. The Kier molecular flexibility index (Phi) is 8.70. The summed E-state index contributed by atoms with van der Waals surface area (Å²) in [6, 6.07) is 0. The number of halogens is 1. The van der Waals surface area contributed by atoms with Gasteiger partial charge in [-0.3, -0.25) is 0 Å². The number of hydrogen-bond donors (Lipinski definition) is 2. The third-order valence-electron chi connectivity index (χ3n) is 1.73. The largest absolute Gasteiger partial charge is 0.506 e. The highest BCUT2D eigenvalue weighted by atomic mass is 127. The first-order chi connectivity index (χ1) is 8.65. The predicted octanol–water partition coefficient (Wildman–Crippen LogP) is 2.16. The zero-order valence-corrected chi connectivity index (χ0v) is 13.8. The molecular weight excluding hydrogens is 391 g/mol. The Morgan fingerprint density at radius 1 is 1.58 bits per heavy atom. The number of carbonyl (C=O) groups is 2. The number of esters is 1. The van der Waals surface area contributed by atoms with Gasteiger partial charge in [-0.25, -0.2) is 9.59 Å². The van der Waals surface area contributed by atoms with E-state index in [-0.39, 0.29) is 6.10 Å². The van der Waals surface area contributed by atoms with Crippen molar-refractivity contribution in [3.05, 3.63) is 0 Å². The molecule has 0 aromatic rings. The van der Waals surface area contributed by atoms with Crippen LogP contribution >= 0.6 is 30.4 Å². The molecule has 1 rings (SSSR count). The molecule has 0 aromatic carbocycles. The maximum Gasteiger partial charge on any atom is 0.506 e. The maximum absolute atomic E-state index is 10.6. The molecule has 0 radical (unpaired) electrons. The molecule has 1 fully saturated rings. The highest BCUT2D eigenvalue weighted by Crippen LogP contribution is 2.19. The fourth-order valence-electron chi connectivity index (χ4n) is 1.10. The molecule has 2 atom stereocenters. The smallest absolute Gasteiger partial charge is 0.458 e. The summed E-state index contributed by atoms with van der Waals surface area (Å²) in [7, 11) is 1.19. The van der Waals surface area contributed by atoms with Gasteiger partial charge in [0.05, 0.1) is 15.8 Å². The monoisotopic (exact) mass is 408 g/mol. The van der Waals surface area contributed by atoms with Gasteiger partial charge in [-0.15, -0.1) is 0 Å². The second-order valence-electron chi connectivity index (χ2n) is 4.64. The lowest BCUT2D eigenvalue weighted by atomic mass is 10.2.